The summed E-state index contributed by atoms with van der Waals surface area (Å²) in [5.74, 6) is -0.537. The van der Waals surface area contributed by atoms with E-state index in [2.05, 4.69) is 10.3 Å². The quantitative estimate of drug-likeness (QED) is 0.829. The van der Waals surface area contributed by atoms with Crippen molar-refractivity contribution in [1.29, 1.82) is 5.26 Å². The van der Waals surface area contributed by atoms with Gasteiger partial charge >= 0.3 is 6.18 Å². The van der Waals surface area contributed by atoms with Crippen molar-refractivity contribution in [2.45, 2.75) is 18.6 Å². The summed E-state index contributed by atoms with van der Waals surface area (Å²) in [5, 5.41) is 12.1. The van der Waals surface area contributed by atoms with Crippen LogP contribution in [0.15, 0.2) is 42.5 Å². The Balaban J connectivity index is 1.91. The van der Waals surface area contributed by atoms with Crippen molar-refractivity contribution >= 4 is 11.7 Å². The number of hydrogen-bond acceptors (Lipinski definition) is 5. The lowest BCUT2D eigenvalue weighted by atomic mass is 10.0. The van der Waals surface area contributed by atoms with E-state index in [1.165, 1.54) is 0 Å². The minimum Gasteiger partial charge on any atom is -0.378 e. The standard InChI is InChI=1S/C20H19F3N4O2/c21-20(22,23)17-7-6-15(13-24)18(26-17)25-16(12-14-4-2-1-3-5-14)19(28)27-8-10-29-11-9-27/h1-7,16H,8-12H2,(H,25,26). The molecule has 1 aliphatic heterocycles. The van der Waals surface area contributed by atoms with Crippen molar-refractivity contribution in [3.05, 3.63) is 59.3 Å². The van der Waals surface area contributed by atoms with Gasteiger partial charge in [0.2, 0.25) is 5.91 Å². The molecule has 3 rings (SSSR count). The number of ether oxygens (including phenoxy) is 1. The molecule has 0 spiro atoms. The maximum atomic E-state index is 13.1. The first-order valence-corrected chi connectivity index (χ1v) is 9.04. The molecule has 1 aromatic heterocycles. The molecule has 0 aliphatic carbocycles. The van der Waals surface area contributed by atoms with Crippen molar-refractivity contribution in [3.8, 4) is 6.07 Å². The molecule has 9 heteroatoms. The van der Waals surface area contributed by atoms with Gasteiger partial charge in [-0.1, -0.05) is 30.3 Å². The van der Waals surface area contributed by atoms with Gasteiger partial charge in [-0.3, -0.25) is 4.79 Å². The van der Waals surface area contributed by atoms with Gasteiger partial charge in [0.1, 0.15) is 23.6 Å². The van der Waals surface area contributed by atoms with Gasteiger partial charge in [0.05, 0.1) is 18.8 Å². The van der Waals surface area contributed by atoms with E-state index in [-0.39, 0.29) is 23.7 Å². The van der Waals surface area contributed by atoms with Gasteiger partial charge in [-0.05, 0) is 17.7 Å². The SMILES string of the molecule is N#Cc1ccc(C(F)(F)F)nc1NC(Cc1ccccc1)C(=O)N1CCOCC1. The van der Waals surface area contributed by atoms with Crippen molar-refractivity contribution in [2.75, 3.05) is 31.6 Å². The minimum absolute atomic E-state index is 0.0640. The number of nitrogens with one attached hydrogen (secondary N) is 1. The fourth-order valence-electron chi connectivity index (χ4n) is 3.04. The Morgan fingerprint density at radius 1 is 1.21 bits per heavy atom. The molecule has 1 N–H and O–H groups in total. The van der Waals surface area contributed by atoms with Gasteiger partial charge < -0.3 is 15.0 Å². The zero-order valence-electron chi connectivity index (χ0n) is 15.4. The van der Waals surface area contributed by atoms with Gasteiger partial charge in [-0.15, -0.1) is 0 Å². The van der Waals surface area contributed by atoms with Gasteiger partial charge in [0.15, 0.2) is 0 Å². The molecule has 2 aromatic rings. The number of alkyl halides is 3. The number of nitrogens with zero attached hydrogens (tertiary/aromatic N) is 3. The third kappa shape index (κ3) is 5.23. The summed E-state index contributed by atoms with van der Waals surface area (Å²) in [4.78, 5) is 18.2. The van der Waals surface area contributed by atoms with Crippen LogP contribution in [0.3, 0.4) is 0 Å². The zero-order valence-corrected chi connectivity index (χ0v) is 15.4. The van der Waals surface area contributed by atoms with Crippen LogP contribution in [0.25, 0.3) is 0 Å². The number of rotatable bonds is 5. The summed E-state index contributed by atoms with van der Waals surface area (Å²) >= 11 is 0. The average molecular weight is 404 g/mol. The second kappa shape index (κ2) is 8.92. The highest BCUT2D eigenvalue weighted by Crippen LogP contribution is 2.29. The van der Waals surface area contributed by atoms with Crippen LogP contribution in [-0.2, 0) is 22.1 Å². The van der Waals surface area contributed by atoms with Crippen molar-refractivity contribution in [2.24, 2.45) is 0 Å². The van der Waals surface area contributed by atoms with E-state index < -0.39 is 17.9 Å². The fraction of sp³-hybridized carbons (Fsp3) is 0.350. The molecule has 152 valence electrons. The van der Waals surface area contributed by atoms with Crippen LogP contribution < -0.4 is 5.32 Å². The Labute approximate surface area is 165 Å². The number of carbonyl (C=O) groups excluding carboxylic acids is 1. The van der Waals surface area contributed by atoms with E-state index in [1.54, 1.807) is 4.90 Å². The molecule has 1 aliphatic rings. The van der Waals surface area contributed by atoms with E-state index in [0.717, 1.165) is 17.7 Å². The Morgan fingerprint density at radius 2 is 1.90 bits per heavy atom. The number of morpholine rings is 1. The van der Waals surface area contributed by atoms with E-state index >= 15 is 0 Å². The number of carbonyl (C=O) groups is 1. The Morgan fingerprint density at radius 3 is 2.52 bits per heavy atom. The predicted octanol–water partition coefficient (Wildman–Crippen LogP) is 2.85. The third-order valence-electron chi connectivity index (χ3n) is 4.52. The normalized spacial score (nSPS) is 15.4. The minimum atomic E-state index is -4.66. The van der Waals surface area contributed by atoms with E-state index in [9.17, 15) is 23.2 Å². The molecular weight excluding hydrogens is 385 g/mol. The molecular formula is C20H19F3N4O2. The van der Waals surface area contributed by atoms with E-state index in [4.69, 9.17) is 4.74 Å². The van der Waals surface area contributed by atoms with Gasteiger partial charge in [-0.25, -0.2) is 4.98 Å². The number of benzene rings is 1. The lowest BCUT2D eigenvalue weighted by Gasteiger charge is -2.31. The number of nitriles is 1. The highest BCUT2D eigenvalue weighted by Gasteiger charge is 2.34. The molecule has 6 nitrogen and oxygen atoms in total. The maximum absolute atomic E-state index is 13.1. The van der Waals surface area contributed by atoms with E-state index in [1.807, 2.05) is 36.4 Å². The molecule has 1 fully saturated rings. The summed E-state index contributed by atoms with van der Waals surface area (Å²) in [5.41, 5.74) is -0.362. The summed E-state index contributed by atoms with van der Waals surface area (Å²) in [6, 6.07) is 11.9. The number of pyridine rings is 1. The van der Waals surface area contributed by atoms with Crippen molar-refractivity contribution in [1.82, 2.24) is 9.88 Å². The largest absolute Gasteiger partial charge is 0.433 e. The zero-order chi connectivity index (χ0) is 20.9. The van der Waals surface area contributed by atoms with Gasteiger partial charge in [0, 0.05) is 19.5 Å². The second-order valence-corrected chi connectivity index (χ2v) is 6.53. The number of halogens is 3. The molecule has 1 amide bonds. The topological polar surface area (TPSA) is 78.2 Å². The molecule has 0 saturated carbocycles. The first kappa shape index (κ1) is 20.6. The van der Waals surface area contributed by atoms with Crippen LogP contribution >= 0.6 is 0 Å². The molecule has 1 saturated heterocycles. The molecule has 1 aromatic carbocycles. The number of anilines is 1. The van der Waals surface area contributed by atoms with Gasteiger partial charge in [0.25, 0.3) is 0 Å². The molecule has 0 radical (unpaired) electrons. The second-order valence-electron chi connectivity index (χ2n) is 6.53. The van der Waals surface area contributed by atoms with Crippen LogP contribution in [0.5, 0.6) is 0 Å². The summed E-state index contributed by atoms with van der Waals surface area (Å²) in [6.07, 6.45) is -4.42. The van der Waals surface area contributed by atoms with Crippen molar-refractivity contribution in [3.63, 3.8) is 0 Å². The molecule has 29 heavy (non-hydrogen) atoms. The fourth-order valence-corrected chi connectivity index (χ4v) is 3.04. The first-order valence-electron chi connectivity index (χ1n) is 9.04. The lowest BCUT2D eigenvalue weighted by Crippen LogP contribution is -2.49. The number of hydrogen-bond donors (Lipinski definition) is 1. The molecule has 1 atom stereocenters. The number of aromatic nitrogens is 1. The summed E-state index contributed by atoms with van der Waals surface area (Å²) in [6.45, 7) is 1.59. The molecule has 2 heterocycles. The number of amides is 1. The van der Waals surface area contributed by atoms with Crippen LogP contribution in [-0.4, -0.2) is 48.1 Å². The highest BCUT2D eigenvalue weighted by molar-refractivity contribution is 5.85. The summed E-state index contributed by atoms with van der Waals surface area (Å²) in [7, 11) is 0. The van der Waals surface area contributed by atoms with Crippen LogP contribution in [0.4, 0.5) is 19.0 Å². The highest BCUT2D eigenvalue weighted by atomic mass is 19.4. The van der Waals surface area contributed by atoms with Crippen LogP contribution in [0.1, 0.15) is 16.8 Å². The average Bonchev–Trinajstić information content (AvgIpc) is 2.73. The molecule has 1 unspecified atom stereocenters. The Hall–Kier alpha value is -3.12. The smallest absolute Gasteiger partial charge is 0.378 e. The van der Waals surface area contributed by atoms with Crippen LogP contribution in [0.2, 0.25) is 0 Å². The predicted molar refractivity (Wildman–Crippen MR) is 98.9 cm³/mol. The maximum Gasteiger partial charge on any atom is 0.433 e. The Kier molecular flexibility index (Phi) is 6.34. The van der Waals surface area contributed by atoms with E-state index in [0.29, 0.717) is 26.3 Å². The van der Waals surface area contributed by atoms with Gasteiger partial charge in [-0.2, -0.15) is 18.4 Å². The lowest BCUT2D eigenvalue weighted by molar-refractivity contribution is -0.141. The Bertz CT molecular complexity index is 891. The van der Waals surface area contributed by atoms with Crippen molar-refractivity contribution < 1.29 is 22.7 Å². The summed E-state index contributed by atoms with van der Waals surface area (Å²) < 4.78 is 44.5. The monoisotopic (exact) mass is 404 g/mol. The van der Waals surface area contributed by atoms with Crippen LogP contribution in [0, 0.1) is 11.3 Å². The first-order chi connectivity index (χ1) is 13.9. The molecule has 0 bridgehead atoms. The third-order valence-corrected chi connectivity index (χ3v) is 4.52.